The average Bonchev–Trinajstić information content (AvgIpc) is 2.98. The van der Waals surface area contributed by atoms with Crippen molar-refractivity contribution in [2.75, 3.05) is 31.2 Å². The molecule has 0 unspecified atom stereocenters. The fraction of sp³-hybridized carbons (Fsp3) is 0.211. The smallest absolute Gasteiger partial charge is 0.229 e. The molecule has 5 rings (SSSR count). The van der Waals surface area contributed by atoms with E-state index in [4.69, 9.17) is 20.8 Å². The highest BCUT2D eigenvalue weighted by molar-refractivity contribution is 6.31. The largest absolute Gasteiger partial charge is 0.438 e. The Morgan fingerprint density at radius 2 is 1.83 bits per heavy atom. The van der Waals surface area contributed by atoms with E-state index in [1.807, 2.05) is 36.4 Å². The van der Waals surface area contributed by atoms with E-state index in [0.29, 0.717) is 10.9 Å². The summed E-state index contributed by atoms with van der Waals surface area (Å²) < 4.78 is 11.6. The molecular formula is C19H15ClN2O2. The summed E-state index contributed by atoms with van der Waals surface area (Å²) in [5.41, 5.74) is 3.95. The molecule has 5 heteroatoms. The van der Waals surface area contributed by atoms with Gasteiger partial charge < -0.3 is 14.1 Å². The van der Waals surface area contributed by atoms with E-state index in [-0.39, 0.29) is 0 Å². The second-order valence-electron chi connectivity index (χ2n) is 6.00. The van der Waals surface area contributed by atoms with Crippen LogP contribution in [0.3, 0.4) is 0 Å². The highest BCUT2D eigenvalue weighted by atomic mass is 35.5. The zero-order valence-electron chi connectivity index (χ0n) is 13.0. The van der Waals surface area contributed by atoms with Gasteiger partial charge in [0.25, 0.3) is 0 Å². The lowest BCUT2D eigenvalue weighted by Gasteiger charge is -2.31. The van der Waals surface area contributed by atoms with Gasteiger partial charge in [-0.3, -0.25) is 0 Å². The number of fused-ring (bicyclic) bond motifs is 4. The molecular weight excluding hydrogens is 324 g/mol. The molecule has 3 heterocycles. The van der Waals surface area contributed by atoms with Crippen molar-refractivity contribution in [3.8, 4) is 11.5 Å². The maximum Gasteiger partial charge on any atom is 0.229 e. The Morgan fingerprint density at radius 1 is 1.00 bits per heavy atom. The number of anilines is 1. The summed E-state index contributed by atoms with van der Waals surface area (Å²) in [6, 6.07) is 13.9. The van der Waals surface area contributed by atoms with Gasteiger partial charge in [-0.25, -0.2) is 4.98 Å². The summed E-state index contributed by atoms with van der Waals surface area (Å²) in [6.45, 7) is 3.14. The summed E-state index contributed by atoms with van der Waals surface area (Å²) in [7, 11) is 0. The molecule has 3 aliphatic heterocycles. The van der Waals surface area contributed by atoms with Crippen molar-refractivity contribution in [3.63, 3.8) is 0 Å². The number of para-hydroxylation sites is 1. The lowest BCUT2D eigenvalue weighted by atomic mass is 10.0. The Kier molecular flexibility index (Phi) is 3.15. The number of aromatic nitrogens is 1. The Morgan fingerprint density at radius 3 is 2.71 bits per heavy atom. The molecule has 3 aliphatic rings. The van der Waals surface area contributed by atoms with Crippen molar-refractivity contribution in [3.05, 3.63) is 47.5 Å². The van der Waals surface area contributed by atoms with Gasteiger partial charge in [0.15, 0.2) is 0 Å². The van der Waals surface area contributed by atoms with Gasteiger partial charge >= 0.3 is 0 Å². The van der Waals surface area contributed by atoms with Crippen LogP contribution in [-0.2, 0) is 4.74 Å². The number of benzene rings is 2. The molecule has 2 aromatic rings. The van der Waals surface area contributed by atoms with Crippen molar-refractivity contribution in [1.82, 2.24) is 4.98 Å². The van der Waals surface area contributed by atoms with E-state index in [2.05, 4.69) is 16.0 Å². The van der Waals surface area contributed by atoms with Gasteiger partial charge in [-0.1, -0.05) is 29.8 Å². The molecule has 0 amide bonds. The molecule has 0 aliphatic carbocycles. The van der Waals surface area contributed by atoms with Crippen LogP contribution < -0.4 is 4.90 Å². The maximum absolute atomic E-state index is 6.27. The third-order valence-electron chi connectivity index (χ3n) is 4.58. The van der Waals surface area contributed by atoms with E-state index in [1.54, 1.807) is 0 Å². The van der Waals surface area contributed by atoms with Crippen LogP contribution in [0.25, 0.3) is 33.3 Å². The molecule has 0 aromatic heterocycles. The molecule has 0 bridgehead atoms. The first-order chi connectivity index (χ1) is 11.8. The fourth-order valence-electron chi connectivity index (χ4n) is 3.50. The van der Waals surface area contributed by atoms with Crippen LogP contribution in [0.4, 0.5) is 5.69 Å². The van der Waals surface area contributed by atoms with Gasteiger partial charge in [-0.15, -0.1) is 0 Å². The predicted octanol–water partition coefficient (Wildman–Crippen LogP) is 4.58. The molecule has 0 radical (unpaired) electrons. The van der Waals surface area contributed by atoms with Gasteiger partial charge in [0.1, 0.15) is 5.58 Å². The Bertz CT molecular complexity index is 1020. The lowest BCUT2D eigenvalue weighted by molar-refractivity contribution is 0.123. The fourth-order valence-corrected chi connectivity index (χ4v) is 3.67. The van der Waals surface area contributed by atoms with Gasteiger partial charge in [0.2, 0.25) is 5.89 Å². The molecule has 2 aromatic carbocycles. The number of halogens is 1. The van der Waals surface area contributed by atoms with Crippen LogP contribution >= 0.6 is 11.6 Å². The monoisotopic (exact) mass is 338 g/mol. The quantitative estimate of drug-likeness (QED) is 0.509. The predicted molar refractivity (Wildman–Crippen MR) is 96.2 cm³/mol. The molecule has 120 valence electrons. The second-order valence-corrected chi connectivity index (χ2v) is 6.44. The van der Waals surface area contributed by atoms with Crippen LogP contribution in [0.1, 0.15) is 0 Å². The van der Waals surface area contributed by atoms with E-state index in [0.717, 1.165) is 59.4 Å². The second kappa shape index (κ2) is 5.36. The maximum atomic E-state index is 6.27. The molecule has 0 saturated carbocycles. The summed E-state index contributed by atoms with van der Waals surface area (Å²) in [6.07, 6.45) is 0. The zero-order valence-corrected chi connectivity index (χ0v) is 13.7. The number of ether oxygens (including phenoxy) is 1. The molecule has 4 nitrogen and oxygen atoms in total. The molecule has 0 N–H and O–H groups in total. The minimum absolute atomic E-state index is 0.674. The zero-order chi connectivity index (χ0) is 16.1. The molecule has 0 atom stereocenters. The van der Waals surface area contributed by atoms with Crippen LogP contribution in [-0.4, -0.2) is 31.3 Å². The normalized spacial score (nSPS) is 15.6. The Labute approximate surface area is 143 Å². The van der Waals surface area contributed by atoms with E-state index >= 15 is 0 Å². The minimum Gasteiger partial charge on any atom is -0.438 e. The Balaban J connectivity index is 1.93. The molecule has 24 heavy (non-hydrogen) atoms. The first-order valence-electron chi connectivity index (χ1n) is 8.04. The standard InChI is InChI=1S/C19H15ClN2O2/c20-12-5-6-16-14(11-12)18(22-7-9-23-10-8-22)17-13-3-1-2-4-15(13)21-19(17)24-16/h1-6,11H,7-10H2. The van der Waals surface area contributed by atoms with Crippen LogP contribution in [0, 0.1) is 0 Å². The van der Waals surface area contributed by atoms with Crippen molar-refractivity contribution >= 4 is 39.2 Å². The van der Waals surface area contributed by atoms with Crippen LogP contribution in [0.5, 0.6) is 0 Å². The highest BCUT2D eigenvalue weighted by Gasteiger charge is 2.26. The van der Waals surface area contributed by atoms with Crippen LogP contribution in [0.15, 0.2) is 46.9 Å². The first-order valence-corrected chi connectivity index (χ1v) is 8.42. The number of hydrogen-bond acceptors (Lipinski definition) is 4. The summed E-state index contributed by atoms with van der Waals surface area (Å²) >= 11 is 6.27. The first kappa shape index (κ1) is 14.1. The Hall–Kier alpha value is -2.30. The third-order valence-corrected chi connectivity index (χ3v) is 4.81. The SMILES string of the molecule is Clc1ccc2oc3nc4ccccc4c-3c(N3CCOCC3)c2c1. The number of hydrogen-bond donors (Lipinski definition) is 0. The third kappa shape index (κ3) is 2.07. The number of nitrogens with zero attached hydrogens (tertiary/aromatic N) is 2. The van der Waals surface area contributed by atoms with Gasteiger partial charge in [-0.05, 0) is 24.3 Å². The summed E-state index contributed by atoms with van der Waals surface area (Å²) in [4.78, 5) is 7.04. The topological polar surface area (TPSA) is 38.5 Å². The van der Waals surface area contributed by atoms with E-state index < -0.39 is 0 Å². The molecule has 1 saturated heterocycles. The van der Waals surface area contributed by atoms with Gasteiger partial charge in [0.05, 0.1) is 30.0 Å². The van der Waals surface area contributed by atoms with Crippen molar-refractivity contribution in [1.29, 1.82) is 0 Å². The molecule has 1 fully saturated rings. The number of rotatable bonds is 1. The van der Waals surface area contributed by atoms with Crippen molar-refractivity contribution < 1.29 is 9.15 Å². The average molecular weight is 339 g/mol. The van der Waals surface area contributed by atoms with Gasteiger partial charge in [0, 0.05) is 28.9 Å². The van der Waals surface area contributed by atoms with E-state index in [1.165, 1.54) is 0 Å². The molecule has 0 spiro atoms. The van der Waals surface area contributed by atoms with Crippen molar-refractivity contribution in [2.45, 2.75) is 0 Å². The summed E-state index contributed by atoms with van der Waals surface area (Å²) in [5.74, 6) is 0.674. The van der Waals surface area contributed by atoms with Gasteiger partial charge in [-0.2, -0.15) is 0 Å². The van der Waals surface area contributed by atoms with Crippen LogP contribution in [0.2, 0.25) is 5.02 Å². The van der Waals surface area contributed by atoms with E-state index in [9.17, 15) is 0 Å². The summed E-state index contributed by atoms with van der Waals surface area (Å²) in [5, 5.41) is 2.84. The minimum atomic E-state index is 0.674. The highest BCUT2D eigenvalue weighted by Crippen LogP contribution is 2.44. The number of morpholine rings is 1. The lowest BCUT2D eigenvalue weighted by Crippen LogP contribution is -2.36. The van der Waals surface area contributed by atoms with Crippen molar-refractivity contribution in [2.24, 2.45) is 0 Å².